The van der Waals surface area contributed by atoms with Gasteiger partial charge in [-0.2, -0.15) is 0 Å². The molecule has 86 valence electrons. The van der Waals surface area contributed by atoms with Gasteiger partial charge in [0.2, 0.25) is 0 Å². The fourth-order valence-corrected chi connectivity index (χ4v) is 2.59. The summed E-state index contributed by atoms with van der Waals surface area (Å²) < 4.78 is 12.6. The van der Waals surface area contributed by atoms with Crippen LogP contribution in [0.2, 0.25) is 0 Å². The SMILES string of the molecule is CC1(C)NC(=O)c2ccc(F)cc2C1(Br)Br. The Bertz CT molecular complexity index is 471. The molecule has 1 heterocycles. The van der Waals surface area contributed by atoms with Crippen molar-refractivity contribution in [1.29, 1.82) is 0 Å². The molecule has 1 aliphatic rings. The summed E-state index contributed by atoms with van der Waals surface area (Å²) in [5, 5.41) is 2.87. The predicted molar refractivity (Wildman–Crippen MR) is 67.5 cm³/mol. The molecular weight excluding hydrogens is 341 g/mol. The van der Waals surface area contributed by atoms with Crippen LogP contribution in [0.3, 0.4) is 0 Å². The minimum Gasteiger partial charge on any atom is -0.345 e. The van der Waals surface area contributed by atoms with Gasteiger partial charge < -0.3 is 5.32 Å². The maximum absolute atomic E-state index is 13.2. The molecule has 0 spiro atoms. The molecule has 5 heteroatoms. The van der Waals surface area contributed by atoms with Crippen LogP contribution in [0.5, 0.6) is 0 Å². The van der Waals surface area contributed by atoms with Crippen molar-refractivity contribution in [2.45, 2.75) is 22.6 Å². The van der Waals surface area contributed by atoms with Crippen LogP contribution in [0.4, 0.5) is 4.39 Å². The summed E-state index contributed by atoms with van der Waals surface area (Å²) in [6.45, 7) is 3.73. The lowest BCUT2D eigenvalue weighted by molar-refractivity contribution is 0.0891. The van der Waals surface area contributed by atoms with E-state index in [4.69, 9.17) is 0 Å². The summed E-state index contributed by atoms with van der Waals surface area (Å²) in [7, 11) is 0. The number of amides is 1. The van der Waals surface area contributed by atoms with Gasteiger partial charge >= 0.3 is 0 Å². The molecule has 0 bridgehead atoms. The standard InChI is InChI=1S/C11H10Br2FNO/c1-10(2)11(12,13)8-5-6(14)3-4-7(8)9(16)15-10/h3-5H,1-2H3,(H,15,16). The fourth-order valence-electron chi connectivity index (χ4n) is 1.74. The second-order valence-electron chi connectivity index (χ2n) is 4.34. The molecule has 1 aromatic rings. The average molecular weight is 351 g/mol. The topological polar surface area (TPSA) is 29.1 Å². The monoisotopic (exact) mass is 349 g/mol. The molecular formula is C11H10Br2FNO. The molecule has 0 unspecified atom stereocenters. The minimum absolute atomic E-state index is 0.186. The van der Waals surface area contributed by atoms with Crippen molar-refractivity contribution in [3.63, 3.8) is 0 Å². The number of hydrogen-bond acceptors (Lipinski definition) is 1. The molecule has 2 rings (SSSR count). The lowest BCUT2D eigenvalue weighted by Gasteiger charge is -2.43. The molecule has 0 radical (unpaired) electrons. The van der Waals surface area contributed by atoms with E-state index in [9.17, 15) is 9.18 Å². The number of fused-ring (bicyclic) bond motifs is 1. The third kappa shape index (κ3) is 1.61. The van der Waals surface area contributed by atoms with E-state index in [0.717, 1.165) is 0 Å². The van der Waals surface area contributed by atoms with Crippen molar-refractivity contribution in [1.82, 2.24) is 5.32 Å². The Morgan fingerprint density at radius 2 is 1.94 bits per heavy atom. The highest BCUT2D eigenvalue weighted by Gasteiger charge is 2.49. The zero-order valence-corrected chi connectivity index (χ0v) is 11.9. The Morgan fingerprint density at radius 3 is 2.56 bits per heavy atom. The third-order valence-corrected chi connectivity index (χ3v) is 5.61. The molecule has 0 saturated carbocycles. The first-order chi connectivity index (χ1) is 7.25. The first-order valence-corrected chi connectivity index (χ1v) is 6.35. The van der Waals surface area contributed by atoms with Gasteiger partial charge in [0.15, 0.2) is 0 Å². The first-order valence-electron chi connectivity index (χ1n) is 4.76. The van der Waals surface area contributed by atoms with Crippen LogP contribution in [0.1, 0.15) is 29.8 Å². The number of nitrogens with one attached hydrogen (secondary N) is 1. The van der Waals surface area contributed by atoms with E-state index in [2.05, 4.69) is 37.2 Å². The van der Waals surface area contributed by atoms with E-state index in [1.54, 1.807) is 0 Å². The van der Waals surface area contributed by atoms with E-state index < -0.39 is 8.77 Å². The normalized spacial score (nSPS) is 21.2. The summed E-state index contributed by atoms with van der Waals surface area (Å²) in [6.07, 6.45) is 0. The Labute approximate surface area is 110 Å². The number of alkyl halides is 2. The van der Waals surface area contributed by atoms with E-state index in [0.29, 0.717) is 11.1 Å². The van der Waals surface area contributed by atoms with Crippen LogP contribution >= 0.6 is 31.9 Å². The van der Waals surface area contributed by atoms with Gasteiger partial charge in [0.1, 0.15) is 9.05 Å². The van der Waals surface area contributed by atoms with Crippen LogP contribution in [0.25, 0.3) is 0 Å². The van der Waals surface area contributed by atoms with Crippen molar-refractivity contribution in [3.05, 3.63) is 35.1 Å². The second kappa shape index (κ2) is 3.53. The quantitative estimate of drug-likeness (QED) is 0.715. The molecule has 0 saturated heterocycles. The maximum Gasteiger partial charge on any atom is 0.252 e. The first kappa shape index (κ1) is 12.0. The smallest absolute Gasteiger partial charge is 0.252 e. The Balaban J connectivity index is 2.71. The van der Waals surface area contributed by atoms with Crippen molar-refractivity contribution in [2.75, 3.05) is 0 Å². The van der Waals surface area contributed by atoms with Gasteiger partial charge in [-0.05, 0) is 37.6 Å². The van der Waals surface area contributed by atoms with Gasteiger partial charge in [0, 0.05) is 5.56 Å². The maximum atomic E-state index is 13.2. The van der Waals surface area contributed by atoms with Crippen LogP contribution in [0.15, 0.2) is 18.2 Å². The van der Waals surface area contributed by atoms with Crippen LogP contribution in [0, 0.1) is 5.82 Å². The van der Waals surface area contributed by atoms with E-state index in [1.165, 1.54) is 18.2 Å². The molecule has 0 aromatic heterocycles. The third-order valence-electron chi connectivity index (χ3n) is 2.78. The van der Waals surface area contributed by atoms with Gasteiger partial charge in [-0.1, -0.05) is 31.9 Å². The van der Waals surface area contributed by atoms with Gasteiger partial charge in [-0.25, -0.2) is 4.39 Å². The summed E-state index contributed by atoms with van der Waals surface area (Å²) in [4.78, 5) is 11.8. The molecule has 16 heavy (non-hydrogen) atoms. The molecule has 0 aliphatic carbocycles. The van der Waals surface area contributed by atoms with Crippen molar-refractivity contribution in [2.24, 2.45) is 0 Å². The van der Waals surface area contributed by atoms with Crippen molar-refractivity contribution in [3.8, 4) is 0 Å². The van der Waals surface area contributed by atoms with Crippen molar-refractivity contribution >= 4 is 37.8 Å². The van der Waals surface area contributed by atoms with Crippen molar-refractivity contribution < 1.29 is 9.18 Å². The highest BCUT2D eigenvalue weighted by Crippen LogP contribution is 2.50. The second-order valence-corrected chi connectivity index (χ2v) is 7.79. The minimum atomic E-state index is -0.668. The number of benzene rings is 1. The Hall–Kier alpha value is -0.420. The molecule has 0 atom stereocenters. The van der Waals surface area contributed by atoms with Gasteiger partial charge in [0.25, 0.3) is 5.91 Å². The van der Waals surface area contributed by atoms with Crippen LogP contribution in [-0.4, -0.2) is 11.4 Å². The lowest BCUT2D eigenvalue weighted by Crippen LogP contribution is -2.57. The van der Waals surface area contributed by atoms with E-state index in [1.807, 2.05) is 13.8 Å². The van der Waals surface area contributed by atoms with Crippen LogP contribution < -0.4 is 5.32 Å². The molecule has 1 amide bonds. The van der Waals surface area contributed by atoms with E-state index >= 15 is 0 Å². The Morgan fingerprint density at radius 1 is 1.31 bits per heavy atom. The summed E-state index contributed by atoms with van der Waals surface area (Å²) in [5.74, 6) is -0.540. The zero-order chi connectivity index (χ0) is 12.1. The largest absolute Gasteiger partial charge is 0.345 e. The number of carbonyl (C=O) groups is 1. The molecule has 1 aliphatic heterocycles. The lowest BCUT2D eigenvalue weighted by atomic mass is 9.87. The fraction of sp³-hybridized carbons (Fsp3) is 0.364. The Kier molecular flexibility index (Phi) is 2.66. The number of halogens is 3. The summed E-state index contributed by atoms with van der Waals surface area (Å²) >= 11 is 7.02. The van der Waals surface area contributed by atoms with Gasteiger partial charge in [-0.15, -0.1) is 0 Å². The number of rotatable bonds is 0. The summed E-state index contributed by atoms with van der Waals surface area (Å²) in [5.41, 5.74) is 0.543. The summed E-state index contributed by atoms with van der Waals surface area (Å²) in [6, 6.07) is 4.15. The number of carbonyl (C=O) groups excluding carboxylic acids is 1. The highest BCUT2D eigenvalue weighted by atomic mass is 79.9. The van der Waals surface area contributed by atoms with Gasteiger partial charge in [-0.3, -0.25) is 4.79 Å². The molecule has 1 N–H and O–H groups in total. The average Bonchev–Trinajstić information content (AvgIpc) is 2.14. The number of hydrogen-bond donors (Lipinski definition) is 1. The highest BCUT2D eigenvalue weighted by molar-refractivity contribution is 9.24. The van der Waals surface area contributed by atoms with Gasteiger partial charge in [0.05, 0.1) is 5.54 Å². The van der Waals surface area contributed by atoms with Crippen LogP contribution in [-0.2, 0) is 3.23 Å². The van der Waals surface area contributed by atoms with E-state index in [-0.39, 0.29) is 11.7 Å². The zero-order valence-electron chi connectivity index (χ0n) is 8.77. The molecule has 1 aromatic carbocycles. The predicted octanol–water partition coefficient (Wildman–Crippen LogP) is 3.29. The molecule has 0 fully saturated rings. The molecule has 2 nitrogen and oxygen atoms in total.